The lowest BCUT2D eigenvalue weighted by Gasteiger charge is -2.08. The van der Waals surface area contributed by atoms with E-state index < -0.39 is 5.97 Å². The molecule has 1 aromatic heterocycles. The molecular weight excluding hydrogens is 232 g/mol. The fourth-order valence-electron chi connectivity index (χ4n) is 1.86. The Kier molecular flexibility index (Phi) is 3.62. The van der Waals surface area contributed by atoms with Gasteiger partial charge >= 0.3 is 5.97 Å². The number of carboxylic acids is 1. The van der Waals surface area contributed by atoms with E-state index in [0.29, 0.717) is 19.4 Å². The molecule has 0 fully saturated rings. The number of hydrogen-bond acceptors (Lipinski definition) is 3. The normalized spacial score (nSPS) is 12.8. The molecule has 1 heterocycles. The number of nitrogens with zero attached hydrogens (tertiary/aromatic N) is 2. The molecule has 0 aliphatic heterocycles. The fraction of sp³-hybridized carbons (Fsp3) is 0.385. The summed E-state index contributed by atoms with van der Waals surface area (Å²) < 4.78 is 1.88. The number of carbonyl (C=O) groups is 1. The molecule has 18 heavy (non-hydrogen) atoms. The minimum absolute atomic E-state index is 0.250. The van der Waals surface area contributed by atoms with Gasteiger partial charge in [-0.1, -0.05) is 6.92 Å². The number of aryl methyl sites for hydroxylation is 1. The predicted molar refractivity (Wildman–Crippen MR) is 67.6 cm³/mol. The van der Waals surface area contributed by atoms with Crippen LogP contribution in [0.15, 0.2) is 24.5 Å². The largest absolute Gasteiger partial charge is 0.478 e. The van der Waals surface area contributed by atoms with Crippen molar-refractivity contribution < 1.29 is 15.0 Å². The maximum atomic E-state index is 10.9. The Morgan fingerprint density at radius 2 is 2.28 bits per heavy atom. The smallest absolute Gasteiger partial charge is 0.335 e. The van der Waals surface area contributed by atoms with E-state index in [1.54, 1.807) is 24.5 Å². The van der Waals surface area contributed by atoms with E-state index in [4.69, 9.17) is 5.11 Å². The molecule has 0 radical (unpaired) electrons. The molecule has 1 aromatic carbocycles. The molecule has 0 aliphatic rings. The zero-order chi connectivity index (χ0) is 13.1. The predicted octanol–water partition coefficient (Wildman–Crippen LogP) is 1.90. The fourth-order valence-corrected chi connectivity index (χ4v) is 1.86. The van der Waals surface area contributed by atoms with E-state index in [-0.39, 0.29) is 11.7 Å². The summed E-state index contributed by atoms with van der Waals surface area (Å²) in [5.74, 6) is -0.946. The molecule has 2 N–H and O–H groups in total. The zero-order valence-electron chi connectivity index (χ0n) is 10.2. The Bertz CT molecular complexity index is 562. The van der Waals surface area contributed by atoms with Crippen molar-refractivity contribution in [2.45, 2.75) is 32.4 Å². The summed E-state index contributed by atoms with van der Waals surface area (Å²) in [6, 6.07) is 4.86. The first kappa shape index (κ1) is 12.6. The van der Waals surface area contributed by atoms with Crippen molar-refractivity contribution in [3.8, 4) is 0 Å². The van der Waals surface area contributed by atoms with Crippen LogP contribution in [0.25, 0.3) is 11.0 Å². The summed E-state index contributed by atoms with van der Waals surface area (Å²) in [4.78, 5) is 15.1. The van der Waals surface area contributed by atoms with Crippen molar-refractivity contribution in [3.05, 3.63) is 30.1 Å². The third kappa shape index (κ3) is 2.51. The van der Waals surface area contributed by atoms with Crippen LogP contribution in [0.1, 0.15) is 30.1 Å². The van der Waals surface area contributed by atoms with Gasteiger partial charge in [-0.25, -0.2) is 9.78 Å². The lowest BCUT2D eigenvalue weighted by molar-refractivity contribution is 0.0697. The van der Waals surface area contributed by atoms with Crippen LogP contribution in [0.2, 0.25) is 0 Å². The van der Waals surface area contributed by atoms with E-state index in [2.05, 4.69) is 4.98 Å². The minimum atomic E-state index is -0.946. The monoisotopic (exact) mass is 248 g/mol. The third-order valence-corrected chi connectivity index (χ3v) is 3.04. The van der Waals surface area contributed by atoms with E-state index in [0.717, 1.165) is 11.0 Å². The molecule has 2 rings (SSSR count). The van der Waals surface area contributed by atoms with Gasteiger partial charge in [-0.15, -0.1) is 0 Å². The molecule has 0 saturated carbocycles. The van der Waals surface area contributed by atoms with Crippen LogP contribution in [0.4, 0.5) is 0 Å². The van der Waals surface area contributed by atoms with Crippen LogP contribution < -0.4 is 0 Å². The first-order valence-electron chi connectivity index (χ1n) is 5.98. The highest BCUT2D eigenvalue weighted by atomic mass is 16.4. The number of aliphatic hydroxyl groups is 1. The lowest BCUT2D eigenvalue weighted by Crippen LogP contribution is -2.09. The molecular formula is C13H16N2O3. The van der Waals surface area contributed by atoms with Crippen molar-refractivity contribution in [1.82, 2.24) is 9.55 Å². The van der Waals surface area contributed by atoms with E-state index in [1.807, 2.05) is 11.5 Å². The Morgan fingerprint density at radius 3 is 2.94 bits per heavy atom. The molecule has 0 bridgehead atoms. The highest BCUT2D eigenvalue weighted by molar-refractivity contribution is 5.92. The van der Waals surface area contributed by atoms with Crippen LogP contribution in [0.5, 0.6) is 0 Å². The number of aromatic nitrogens is 2. The Labute approximate surface area is 105 Å². The summed E-state index contributed by atoms with van der Waals surface area (Å²) >= 11 is 0. The van der Waals surface area contributed by atoms with Crippen LogP contribution >= 0.6 is 0 Å². The summed E-state index contributed by atoms with van der Waals surface area (Å²) in [5.41, 5.74) is 1.81. The van der Waals surface area contributed by atoms with Crippen LogP contribution in [0, 0.1) is 0 Å². The SMILES string of the molecule is CCC(O)CCn1cnc2ccc(C(=O)O)cc21. The number of fused-ring (bicyclic) bond motifs is 1. The standard InChI is InChI=1S/C13H16N2O3/c1-2-10(16)5-6-15-8-14-11-4-3-9(13(17)18)7-12(11)15/h3-4,7-8,10,16H,2,5-6H2,1H3,(H,17,18). The summed E-state index contributed by atoms with van der Waals surface area (Å²) in [6.45, 7) is 2.56. The Morgan fingerprint density at radius 1 is 1.50 bits per heavy atom. The quantitative estimate of drug-likeness (QED) is 0.847. The molecule has 0 aliphatic carbocycles. The highest BCUT2D eigenvalue weighted by Crippen LogP contribution is 2.16. The second kappa shape index (κ2) is 5.18. The zero-order valence-corrected chi connectivity index (χ0v) is 10.2. The number of rotatable bonds is 5. The first-order valence-corrected chi connectivity index (χ1v) is 5.98. The molecule has 0 spiro atoms. The summed E-state index contributed by atoms with van der Waals surface area (Å²) in [6.07, 6.45) is 2.70. The highest BCUT2D eigenvalue weighted by Gasteiger charge is 2.09. The molecule has 1 atom stereocenters. The third-order valence-electron chi connectivity index (χ3n) is 3.04. The summed E-state index contributed by atoms with van der Waals surface area (Å²) in [7, 11) is 0. The van der Waals surface area contributed by atoms with Gasteiger partial charge in [0.05, 0.1) is 29.0 Å². The second-order valence-electron chi connectivity index (χ2n) is 4.30. The van der Waals surface area contributed by atoms with E-state index in [9.17, 15) is 9.90 Å². The van der Waals surface area contributed by atoms with Crippen molar-refractivity contribution in [1.29, 1.82) is 0 Å². The number of aromatic carboxylic acids is 1. The average molecular weight is 248 g/mol. The van der Waals surface area contributed by atoms with E-state index >= 15 is 0 Å². The number of aliphatic hydroxyl groups excluding tert-OH is 1. The number of hydrogen-bond donors (Lipinski definition) is 2. The van der Waals surface area contributed by atoms with Crippen molar-refractivity contribution >= 4 is 17.0 Å². The van der Waals surface area contributed by atoms with Gasteiger partial charge in [-0.3, -0.25) is 0 Å². The Hall–Kier alpha value is -1.88. The topological polar surface area (TPSA) is 75.3 Å². The first-order chi connectivity index (χ1) is 8.61. The van der Waals surface area contributed by atoms with Gasteiger partial charge in [0.15, 0.2) is 0 Å². The molecule has 96 valence electrons. The van der Waals surface area contributed by atoms with Gasteiger partial charge in [0.25, 0.3) is 0 Å². The maximum absolute atomic E-state index is 10.9. The van der Waals surface area contributed by atoms with Crippen molar-refractivity contribution in [3.63, 3.8) is 0 Å². The summed E-state index contributed by atoms with van der Waals surface area (Å²) in [5, 5.41) is 18.5. The number of imidazole rings is 1. The minimum Gasteiger partial charge on any atom is -0.478 e. The molecule has 2 aromatic rings. The molecule has 0 amide bonds. The van der Waals surface area contributed by atoms with Gasteiger partial charge in [-0.05, 0) is 31.0 Å². The Balaban J connectivity index is 2.28. The van der Waals surface area contributed by atoms with Crippen molar-refractivity contribution in [2.75, 3.05) is 0 Å². The van der Waals surface area contributed by atoms with Gasteiger partial charge in [0.2, 0.25) is 0 Å². The van der Waals surface area contributed by atoms with E-state index in [1.165, 1.54) is 0 Å². The molecule has 0 saturated heterocycles. The number of carboxylic acid groups (broad SMARTS) is 1. The molecule has 1 unspecified atom stereocenters. The maximum Gasteiger partial charge on any atom is 0.335 e. The van der Waals surface area contributed by atoms with Crippen molar-refractivity contribution in [2.24, 2.45) is 0 Å². The van der Waals surface area contributed by atoms with Gasteiger partial charge in [-0.2, -0.15) is 0 Å². The molecule has 5 nitrogen and oxygen atoms in total. The second-order valence-corrected chi connectivity index (χ2v) is 4.30. The van der Waals surface area contributed by atoms with Crippen LogP contribution in [0.3, 0.4) is 0 Å². The molecule has 5 heteroatoms. The van der Waals surface area contributed by atoms with Crippen LogP contribution in [-0.2, 0) is 6.54 Å². The van der Waals surface area contributed by atoms with Gasteiger partial charge in [0.1, 0.15) is 0 Å². The average Bonchev–Trinajstić information content (AvgIpc) is 2.78. The number of benzene rings is 1. The van der Waals surface area contributed by atoms with Crippen LogP contribution in [-0.4, -0.2) is 31.8 Å². The van der Waals surface area contributed by atoms with Gasteiger partial charge in [0, 0.05) is 6.54 Å². The van der Waals surface area contributed by atoms with Gasteiger partial charge < -0.3 is 14.8 Å². The lowest BCUT2D eigenvalue weighted by atomic mass is 10.2.